The van der Waals surface area contributed by atoms with Crippen LogP contribution in [0.3, 0.4) is 0 Å². The van der Waals surface area contributed by atoms with Crippen molar-refractivity contribution in [3.8, 4) is 11.5 Å². The molecule has 1 aliphatic heterocycles. The van der Waals surface area contributed by atoms with Crippen LogP contribution in [0.15, 0.2) is 12.1 Å². The van der Waals surface area contributed by atoms with Crippen molar-refractivity contribution in [2.75, 3.05) is 45.2 Å². The Hall–Kier alpha value is -2.22. The Morgan fingerprint density at radius 1 is 1.10 bits per heavy atom. The third kappa shape index (κ3) is 5.34. The summed E-state index contributed by atoms with van der Waals surface area (Å²) >= 11 is 0. The fraction of sp³-hybridized carbons (Fsp3) is 0.609. The lowest BCUT2D eigenvalue weighted by molar-refractivity contribution is -0.131. The van der Waals surface area contributed by atoms with E-state index < -0.39 is 12.6 Å². The van der Waals surface area contributed by atoms with Gasteiger partial charge in [-0.25, -0.2) is 0 Å². The largest absolute Gasteiger partial charge is 0.493 e. The molecule has 0 unspecified atom stereocenters. The maximum absolute atomic E-state index is 12.7. The predicted octanol–water partition coefficient (Wildman–Crippen LogP) is 4.96. The highest BCUT2D eigenvalue weighted by atomic mass is 19.4. The maximum Gasteiger partial charge on any atom is 0.390 e. The number of alkyl halides is 3. The molecule has 1 aromatic heterocycles. The zero-order chi connectivity index (χ0) is 21.8. The fourth-order valence-electron chi connectivity index (χ4n) is 4.55. The third-order valence-corrected chi connectivity index (χ3v) is 6.08. The lowest BCUT2D eigenvalue weighted by Gasteiger charge is -2.18. The Balaban J connectivity index is 1.54. The summed E-state index contributed by atoms with van der Waals surface area (Å²) in [7, 11) is 1.58. The summed E-state index contributed by atoms with van der Waals surface area (Å²) in [5.41, 5.74) is 3.47. The third-order valence-electron chi connectivity index (χ3n) is 6.08. The quantitative estimate of drug-likeness (QED) is 0.562. The van der Waals surface area contributed by atoms with E-state index in [0.29, 0.717) is 18.1 Å². The van der Waals surface area contributed by atoms with Crippen molar-refractivity contribution in [1.82, 2.24) is 9.88 Å². The van der Waals surface area contributed by atoms with Crippen molar-refractivity contribution in [2.24, 2.45) is 0 Å². The number of fused-ring (bicyclic) bond motifs is 2. The molecular formula is C23H30F3N3O2. The van der Waals surface area contributed by atoms with Crippen LogP contribution in [0.4, 0.5) is 18.9 Å². The van der Waals surface area contributed by atoms with Crippen LogP contribution in [0.2, 0.25) is 0 Å². The lowest BCUT2D eigenvalue weighted by atomic mass is 10.1. The van der Waals surface area contributed by atoms with Gasteiger partial charge in [0.2, 0.25) is 0 Å². The van der Waals surface area contributed by atoms with Gasteiger partial charge in [-0.1, -0.05) is 0 Å². The summed E-state index contributed by atoms with van der Waals surface area (Å²) in [5.74, 6) is 1.20. The molecule has 4 rings (SSSR count). The first-order valence-electron chi connectivity index (χ1n) is 11.1. The Kier molecular flexibility index (Phi) is 6.74. The summed E-state index contributed by atoms with van der Waals surface area (Å²) in [6, 6.07) is 3.70. The normalized spacial score (nSPS) is 16.6. The van der Waals surface area contributed by atoms with E-state index in [-0.39, 0.29) is 6.54 Å². The number of hydrogen-bond acceptors (Lipinski definition) is 5. The van der Waals surface area contributed by atoms with Crippen LogP contribution in [-0.2, 0) is 12.8 Å². The number of halogens is 3. The van der Waals surface area contributed by atoms with Crippen molar-refractivity contribution in [1.29, 1.82) is 0 Å². The SMILES string of the molecule is COc1cc2c(NCCC(F)(F)F)c3c(nc2cc1OCCCN1CCCC1)CCC3. The number of nitrogens with one attached hydrogen (secondary N) is 1. The number of anilines is 1. The Labute approximate surface area is 180 Å². The van der Waals surface area contributed by atoms with E-state index >= 15 is 0 Å². The van der Waals surface area contributed by atoms with Crippen molar-refractivity contribution in [3.63, 3.8) is 0 Å². The lowest BCUT2D eigenvalue weighted by Crippen LogP contribution is -2.21. The van der Waals surface area contributed by atoms with E-state index in [0.717, 1.165) is 60.1 Å². The number of nitrogens with zero attached hydrogens (tertiary/aromatic N) is 2. The van der Waals surface area contributed by atoms with Gasteiger partial charge in [0, 0.05) is 35.9 Å². The zero-order valence-electron chi connectivity index (χ0n) is 18.0. The minimum atomic E-state index is -4.19. The van der Waals surface area contributed by atoms with Crippen molar-refractivity contribution >= 4 is 16.6 Å². The van der Waals surface area contributed by atoms with E-state index in [4.69, 9.17) is 14.5 Å². The molecule has 1 aromatic carbocycles. The molecule has 1 N–H and O–H groups in total. The van der Waals surface area contributed by atoms with Gasteiger partial charge in [-0.15, -0.1) is 0 Å². The molecule has 5 nitrogen and oxygen atoms in total. The Bertz CT molecular complexity index is 911. The van der Waals surface area contributed by atoms with E-state index in [9.17, 15) is 13.2 Å². The molecular weight excluding hydrogens is 407 g/mol. The van der Waals surface area contributed by atoms with Crippen molar-refractivity contribution < 1.29 is 22.6 Å². The van der Waals surface area contributed by atoms with Gasteiger partial charge in [0.25, 0.3) is 0 Å². The molecule has 0 spiro atoms. The molecule has 1 aliphatic carbocycles. The highest BCUT2D eigenvalue weighted by Crippen LogP contribution is 2.40. The number of methoxy groups -OCH3 is 1. The summed E-state index contributed by atoms with van der Waals surface area (Å²) < 4.78 is 49.6. The summed E-state index contributed by atoms with van der Waals surface area (Å²) in [4.78, 5) is 7.24. The van der Waals surface area contributed by atoms with Gasteiger partial charge in [-0.3, -0.25) is 4.98 Å². The summed E-state index contributed by atoms with van der Waals surface area (Å²) in [6.07, 6.45) is 1.05. The molecule has 2 heterocycles. The molecule has 2 aliphatic rings. The van der Waals surface area contributed by atoms with Crippen LogP contribution in [0.5, 0.6) is 11.5 Å². The Morgan fingerprint density at radius 3 is 2.65 bits per heavy atom. The molecule has 1 saturated heterocycles. The number of rotatable bonds is 9. The second-order valence-corrected chi connectivity index (χ2v) is 8.33. The van der Waals surface area contributed by atoms with Gasteiger partial charge in [0.1, 0.15) is 0 Å². The second kappa shape index (κ2) is 9.51. The van der Waals surface area contributed by atoms with Crippen LogP contribution in [0, 0.1) is 0 Å². The smallest absolute Gasteiger partial charge is 0.390 e. The first-order valence-corrected chi connectivity index (χ1v) is 11.1. The Morgan fingerprint density at radius 2 is 1.90 bits per heavy atom. The minimum Gasteiger partial charge on any atom is -0.493 e. The molecule has 31 heavy (non-hydrogen) atoms. The van der Waals surface area contributed by atoms with E-state index in [1.807, 2.05) is 12.1 Å². The van der Waals surface area contributed by atoms with Gasteiger partial charge in [0.15, 0.2) is 11.5 Å². The molecule has 170 valence electrons. The number of aryl methyl sites for hydroxylation is 1. The number of likely N-dealkylation sites (tertiary alicyclic amines) is 1. The average Bonchev–Trinajstić information content (AvgIpc) is 3.41. The van der Waals surface area contributed by atoms with E-state index in [1.165, 1.54) is 25.9 Å². The van der Waals surface area contributed by atoms with Gasteiger partial charge >= 0.3 is 6.18 Å². The number of hydrogen-bond donors (Lipinski definition) is 1. The monoisotopic (exact) mass is 437 g/mol. The van der Waals surface area contributed by atoms with Crippen LogP contribution < -0.4 is 14.8 Å². The van der Waals surface area contributed by atoms with Gasteiger partial charge in [-0.05, 0) is 63.2 Å². The van der Waals surface area contributed by atoms with Gasteiger partial charge < -0.3 is 19.7 Å². The number of ether oxygens (including phenoxy) is 2. The van der Waals surface area contributed by atoms with Crippen molar-refractivity contribution in [3.05, 3.63) is 23.4 Å². The minimum absolute atomic E-state index is 0.161. The molecule has 0 bridgehead atoms. The number of benzene rings is 1. The topological polar surface area (TPSA) is 46.6 Å². The van der Waals surface area contributed by atoms with E-state index in [2.05, 4.69) is 10.2 Å². The molecule has 0 amide bonds. The molecule has 1 fully saturated rings. The van der Waals surface area contributed by atoms with Gasteiger partial charge in [-0.2, -0.15) is 13.2 Å². The van der Waals surface area contributed by atoms with Gasteiger partial charge in [0.05, 0.1) is 25.7 Å². The zero-order valence-corrected chi connectivity index (χ0v) is 18.0. The van der Waals surface area contributed by atoms with Crippen LogP contribution in [0.1, 0.15) is 43.4 Å². The average molecular weight is 438 g/mol. The molecule has 8 heteroatoms. The molecule has 0 saturated carbocycles. The predicted molar refractivity (Wildman–Crippen MR) is 115 cm³/mol. The van der Waals surface area contributed by atoms with E-state index in [1.54, 1.807) is 7.11 Å². The number of aromatic nitrogens is 1. The first-order chi connectivity index (χ1) is 14.9. The number of pyridine rings is 1. The second-order valence-electron chi connectivity index (χ2n) is 8.33. The maximum atomic E-state index is 12.7. The molecule has 0 radical (unpaired) electrons. The van der Waals surface area contributed by atoms with Crippen LogP contribution >= 0.6 is 0 Å². The molecule has 2 aromatic rings. The fourth-order valence-corrected chi connectivity index (χ4v) is 4.55. The van der Waals surface area contributed by atoms with Crippen molar-refractivity contribution in [2.45, 2.75) is 51.1 Å². The first kappa shape index (κ1) is 22.0. The van der Waals surface area contributed by atoms with Crippen LogP contribution in [0.25, 0.3) is 10.9 Å². The summed E-state index contributed by atoms with van der Waals surface area (Å²) in [6.45, 7) is 3.78. The standard InChI is InChI=1S/C23H30F3N3O2/c1-30-20-14-17-19(15-21(20)31-13-5-12-29-10-2-3-11-29)28-18-7-4-6-16(18)22(17)27-9-8-23(24,25)26/h14-15H,2-13H2,1H3,(H,27,28). The highest BCUT2D eigenvalue weighted by Gasteiger charge is 2.27. The summed E-state index contributed by atoms with van der Waals surface area (Å²) in [5, 5.41) is 3.82. The van der Waals surface area contributed by atoms with Crippen LogP contribution in [-0.4, -0.2) is 56.0 Å². The molecule has 0 atom stereocenters. The highest BCUT2D eigenvalue weighted by molar-refractivity contribution is 5.96.